The van der Waals surface area contributed by atoms with E-state index in [9.17, 15) is 14.4 Å². The van der Waals surface area contributed by atoms with Crippen LogP contribution in [0.15, 0.2) is 18.2 Å². The Labute approximate surface area is 189 Å². The van der Waals surface area contributed by atoms with Gasteiger partial charge in [0.15, 0.2) is 0 Å². The van der Waals surface area contributed by atoms with E-state index in [1.165, 1.54) is 4.90 Å². The first kappa shape index (κ1) is 24.3. The number of primary amides is 1. The average molecular weight is 444 g/mol. The van der Waals surface area contributed by atoms with Crippen LogP contribution in [0.1, 0.15) is 77.2 Å². The Hall–Kier alpha value is -2.39. The molecular weight excluding hydrogens is 411 g/mol. The zero-order valence-electron chi connectivity index (χ0n) is 20.0. The molecule has 1 fully saturated rings. The molecule has 2 aliphatic rings. The molecule has 2 heterocycles. The highest BCUT2D eigenvalue weighted by Gasteiger charge is 2.52. The lowest BCUT2D eigenvalue weighted by Gasteiger charge is -2.32. The van der Waals surface area contributed by atoms with Crippen molar-refractivity contribution >= 4 is 30.4 Å². The predicted octanol–water partition coefficient (Wildman–Crippen LogP) is 1.92. The van der Waals surface area contributed by atoms with E-state index in [1.807, 2.05) is 39.8 Å². The summed E-state index contributed by atoms with van der Waals surface area (Å²) in [4.78, 5) is 38.6. The third-order valence-electron chi connectivity index (χ3n) is 6.23. The monoisotopic (exact) mass is 444 g/mol. The van der Waals surface area contributed by atoms with Gasteiger partial charge in [-0.25, -0.2) is 0 Å². The molecule has 0 aromatic heterocycles. The fourth-order valence-electron chi connectivity index (χ4n) is 3.84. The number of rotatable bonds is 6. The summed E-state index contributed by atoms with van der Waals surface area (Å²) >= 11 is 0. The van der Waals surface area contributed by atoms with Crippen molar-refractivity contribution in [1.82, 2.24) is 4.90 Å². The summed E-state index contributed by atoms with van der Waals surface area (Å²) < 4.78 is 17.5. The lowest BCUT2D eigenvalue weighted by molar-refractivity contribution is -0.155. The first-order chi connectivity index (χ1) is 14.6. The lowest BCUT2D eigenvalue weighted by Crippen LogP contribution is -2.45. The summed E-state index contributed by atoms with van der Waals surface area (Å²) in [6.45, 7) is 13.5. The Morgan fingerprint density at radius 2 is 1.78 bits per heavy atom. The van der Waals surface area contributed by atoms with Gasteiger partial charge in [-0.05, 0) is 72.0 Å². The van der Waals surface area contributed by atoms with Crippen LogP contribution >= 0.6 is 0 Å². The van der Waals surface area contributed by atoms with Gasteiger partial charge in [0.1, 0.15) is 11.6 Å². The highest BCUT2D eigenvalue weighted by molar-refractivity contribution is 6.62. The number of hydrogen-bond acceptors (Lipinski definition) is 6. The minimum absolute atomic E-state index is 0.00975. The number of fused-ring (bicyclic) bond motifs is 1. The highest BCUT2D eigenvalue weighted by Crippen LogP contribution is 2.37. The van der Waals surface area contributed by atoms with Crippen molar-refractivity contribution < 1.29 is 28.4 Å². The fourth-order valence-corrected chi connectivity index (χ4v) is 3.84. The smallest absolute Gasteiger partial charge is 0.460 e. The van der Waals surface area contributed by atoms with Gasteiger partial charge in [0.25, 0.3) is 5.91 Å². The van der Waals surface area contributed by atoms with Crippen LogP contribution in [-0.2, 0) is 30.2 Å². The molecule has 2 aliphatic heterocycles. The van der Waals surface area contributed by atoms with Gasteiger partial charge in [-0.2, -0.15) is 0 Å². The van der Waals surface area contributed by atoms with Crippen LogP contribution in [0.25, 0.3) is 0 Å². The number of ether oxygens (including phenoxy) is 1. The van der Waals surface area contributed by atoms with Gasteiger partial charge in [0.05, 0.1) is 11.2 Å². The van der Waals surface area contributed by atoms with Crippen molar-refractivity contribution in [3.63, 3.8) is 0 Å². The highest BCUT2D eigenvalue weighted by atomic mass is 16.7. The molecular formula is C23H33BN2O6. The Morgan fingerprint density at radius 1 is 1.19 bits per heavy atom. The van der Waals surface area contributed by atoms with Gasteiger partial charge in [-0.1, -0.05) is 12.1 Å². The van der Waals surface area contributed by atoms with Crippen LogP contribution < -0.4 is 11.2 Å². The summed E-state index contributed by atoms with van der Waals surface area (Å²) in [6, 6.07) is 4.51. The van der Waals surface area contributed by atoms with Crippen LogP contribution in [0.2, 0.25) is 0 Å². The molecule has 174 valence electrons. The Balaban J connectivity index is 1.74. The van der Waals surface area contributed by atoms with Crippen LogP contribution in [0.4, 0.5) is 0 Å². The van der Waals surface area contributed by atoms with E-state index in [2.05, 4.69) is 0 Å². The van der Waals surface area contributed by atoms with Crippen molar-refractivity contribution in [2.24, 2.45) is 5.73 Å². The van der Waals surface area contributed by atoms with Gasteiger partial charge >= 0.3 is 13.1 Å². The van der Waals surface area contributed by atoms with Gasteiger partial charge in [-0.3, -0.25) is 14.4 Å². The SMILES string of the molecule is CC(C)(C)OC(=O)CCC(C(N)=O)N1Cc2cc(B3OC(C)(C)C(C)(C)O3)ccc2C1=O. The molecule has 8 nitrogen and oxygen atoms in total. The maximum absolute atomic E-state index is 13.0. The fraction of sp³-hybridized carbons (Fsp3) is 0.609. The molecule has 2 amide bonds. The largest absolute Gasteiger partial charge is 0.494 e. The molecule has 0 saturated carbocycles. The summed E-state index contributed by atoms with van der Waals surface area (Å²) in [5.74, 6) is -1.37. The molecule has 9 heteroatoms. The third-order valence-corrected chi connectivity index (χ3v) is 6.23. The maximum atomic E-state index is 13.0. The zero-order chi connectivity index (χ0) is 24.1. The molecule has 2 N–H and O–H groups in total. The molecule has 0 radical (unpaired) electrons. The van der Waals surface area contributed by atoms with E-state index < -0.39 is 41.8 Å². The third kappa shape index (κ3) is 4.83. The lowest BCUT2D eigenvalue weighted by atomic mass is 9.78. The number of amides is 2. The van der Waals surface area contributed by atoms with Gasteiger partial charge in [-0.15, -0.1) is 0 Å². The van der Waals surface area contributed by atoms with Crippen molar-refractivity contribution in [3.05, 3.63) is 29.3 Å². The number of carbonyl (C=O) groups excluding carboxylic acids is 3. The van der Waals surface area contributed by atoms with Crippen molar-refractivity contribution in [2.45, 2.75) is 90.7 Å². The van der Waals surface area contributed by atoms with Gasteiger partial charge < -0.3 is 24.7 Å². The number of hydrogen-bond donors (Lipinski definition) is 1. The average Bonchev–Trinajstić information content (AvgIpc) is 3.06. The Morgan fingerprint density at radius 3 is 2.31 bits per heavy atom. The molecule has 3 rings (SSSR count). The van der Waals surface area contributed by atoms with Crippen LogP contribution in [0.5, 0.6) is 0 Å². The standard InChI is InChI=1S/C23H33BN2O6/c1-21(2,3)30-18(27)11-10-17(19(25)28)26-13-14-12-15(8-9-16(14)20(26)29)24-31-22(4,5)23(6,7)32-24/h8-9,12,17H,10-11,13H2,1-7H3,(H2,25,28). The second kappa shape index (κ2) is 8.19. The molecule has 1 atom stereocenters. The second-order valence-electron chi connectivity index (χ2n) is 10.5. The molecule has 1 aromatic carbocycles. The maximum Gasteiger partial charge on any atom is 0.494 e. The van der Waals surface area contributed by atoms with Crippen LogP contribution in [-0.4, -0.2) is 52.6 Å². The summed E-state index contributed by atoms with van der Waals surface area (Å²) in [5.41, 5.74) is 6.10. The summed E-state index contributed by atoms with van der Waals surface area (Å²) in [6.07, 6.45) is 0.0955. The van der Waals surface area contributed by atoms with Gasteiger partial charge in [0, 0.05) is 18.5 Å². The van der Waals surface area contributed by atoms with Crippen LogP contribution in [0.3, 0.4) is 0 Å². The van der Waals surface area contributed by atoms with E-state index >= 15 is 0 Å². The quantitative estimate of drug-likeness (QED) is 0.531. The molecule has 32 heavy (non-hydrogen) atoms. The molecule has 0 spiro atoms. The molecule has 0 aliphatic carbocycles. The Bertz CT molecular complexity index is 921. The second-order valence-corrected chi connectivity index (χ2v) is 10.5. The number of carbonyl (C=O) groups is 3. The molecule has 0 bridgehead atoms. The van der Waals surface area contributed by atoms with Gasteiger partial charge in [0.2, 0.25) is 5.91 Å². The predicted molar refractivity (Wildman–Crippen MR) is 120 cm³/mol. The van der Waals surface area contributed by atoms with Crippen LogP contribution in [0, 0.1) is 0 Å². The molecule has 1 unspecified atom stereocenters. The molecule has 1 saturated heterocycles. The number of esters is 1. The van der Waals surface area contributed by atoms with E-state index in [4.69, 9.17) is 19.8 Å². The van der Waals surface area contributed by atoms with Crippen molar-refractivity contribution in [3.8, 4) is 0 Å². The normalized spacial score (nSPS) is 20.3. The van der Waals surface area contributed by atoms with E-state index in [1.54, 1.807) is 26.8 Å². The summed E-state index contributed by atoms with van der Waals surface area (Å²) in [5, 5.41) is 0. The topological polar surface area (TPSA) is 108 Å². The first-order valence-corrected chi connectivity index (χ1v) is 10.9. The van der Waals surface area contributed by atoms with Crippen molar-refractivity contribution in [1.29, 1.82) is 0 Å². The minimum Gasteiger partial charge on any atom is -0.460 e. The summed E-state index contributed by atoms with van der Waals surface area (Å²) in [7, 11) is -0.548. The zero-order valence-corrected chi connectivity index (χ0v) is 20.0. The van der Waals surface area contributed by atoms with E-state index in [-0.39, 0.29) is 25.3 Å². The van der Waals surface area contributed by atoms with E-state index in [0.717, 1.165) is 11.0 Å². The molecule has 1 aromatic rings. The minimum atomic E-state index is -0.900. The first-order valence-electron chi connectivity index (χ1n) is 10.9. The Kier molecular flexibility index (Phi) is 6.21. The number of nitrogens with zero attached hydrogens (tertiary/aromatic N) is 1. The number of nitrogens with two attached hydrogens (primary N) is 1. The number of benzene rings is 1. The van der Waals surface area contributed by atoms with E-state index in [0.29, 0.717) is 5.56 Å². The van der Waals surface area contributed by atoms with Crippen molar-refractivity contribution in [2.75, 3.05) is 0 Å².